The van der Waals surface area contributed by atoms with Crippen LogP contribution in [0.5, 0.6) is 0 Å². The number of halogens is 1. The molecule has 25 heavy (non-hydrogen) atoms. The molecule has 0 fully saturated rings. The lowest BCUT2D eigenvalue weighted by atomic mass is 10.1. The Morgan fingerprint density at radius 1 is 1.36 bits per heavy atom. The Kier molecular flexibility index (Phi) is 5.48. The van der Waals surface area contributed by atoms with Crippen LogP contribution in [0.1, 0.15) is 42.4 Å². The highest BCUT2D eigenvalue weighted by molar-refractivity contribution is 5.94. The third-order valence-corrected chi connectivity index (χ3v) is 4.96. The van der Waals surface area contributed by atoms with Crippen LogP contribution >= 0.6 is 0 Å². The third kappa shape index (κ3) is 3.90. The van der Waals surface area contributed by atoms with Gasteiger partial charge in [0.05, 0.1) is 24.6 Å². The van der Waals surface area contributed by atoms with Crippen LogP contribution in [0.4, 0.5) is 4.39 Å². The van der Waals surface area contributed by atoms with Gasteiger partial charge in [-0.25, -0.2) is 9.37 Å². The van der Waals surface area contributed by atoms with Gasteiger partial charge in [0.1, 0.15) is 5.82 Å². The fraction of sp³-hybridized carbons (Fsp3) is 0.474. The van der Waals surface area contributed by atoms with Gasteiger partial charge in [-0.15, -0.1) is 0 Å². The number of hydrogen-bond acceptors (Lipinski definition) is 3. The smallest absolute Gasteiger partial charge is 0.254 e. The Labute approximate surface area is 148 Å². The van der Waals surface area contributed by atoms with E-state index in [2.05, 4.69) is 28.3 Å². The van der Waals surface area contributed by atoms with Crippen LogP contribution in [0.2, 0.25) is 0 Å². The molecule has 0 N–H and O–H groups in total. The normalized spacial score (nSPS) is 17.0. The SMILES string of the molecule is CCN(CC)CC[C@H]1CN(C(=O)c2cccc(F)c2)Cc2cncn21. The number of carbonyl (C=O) groups is 1. The minimum absolute atomic E-state index is 0.125. The van der Waals surface area contributed by atoms with E-state index in [4.69, 9.17) is 0 Å². The summed E-state index contributed by atoms with van der Waals surface area (Å²) < 4.78 is 15.6. The lowest BCUT2D eigenvalue weighted by molar-refractivity contribution is 0.0667. The summed E-state index contributed by atoms with van der Waals surface area (Å²) in [7, 11) is 0. The number of aromatic nitrogens is 2. The molecular formula is C19H25FN4O. The summed E-state index contributed by atoms with van der Waals surface area (Å²) in [4.78, 5) is 21.2. The van der Waals surface area contributed by atoms with Crippen LogP contribution in [0.3, 0.4) is 0 Å². The Morgan fingerprint density at radius 2 is 2.16 bits per heavy atom. The summed E-state index contributed by atoms with van der Waals surface area (Å²) in [5.74, 6) is -0.509. The van der Waals surface area contributed by atoms with Crippen LogP contribution in [0.25, 0.3) is 0 Å². The lowest BCUT2D eigenvalue weighted by Crippen LogP contribution is -2.41. The van der Waals surface area contributed by atoms with Crippen molar-refractivity contribution in [2.24, 2.45) is 0 Å². The van der Waals surface area contributed by atoms with Gasteiger partial charge < -0.3 is 14.4 Å². The summed E-state index contributed by atoms with van der Waals surface area (Å²) in [5, 5.41) is 0. The molecule has 0 radical (unpaired) electrons. The average Bonchev–Trinajstić information content (AvgIpc) is 3.10. The molecule has 0 saturated heterocycles. The zero-order valence-corrected chi connectivity index (χ0v) is 14.9. The second-order valence-electron chi connectivity index (χ2n) is 6.46. The van der Waals surface area contributed by atoms with E-state index >= 15 is 0 Å². The summed E-state index contributed by atoms with van der Waals surface area (Å²) in [6.07, 6.45) is 4.62. The van der Waals surface area contributed by atoms with Crippen molar-refractivity contribution >= 4 is 5.91 Å². The molecule has 0 spiro atoms. The number of carbonyl (C=O) groups excluding carboxylic acids is 1. The molecule has 1 aliphatic heterocycles. The molecule has 1 atom stereocenters. The quantitative estimate of drug-likeness (QED) is 0.809. The predicted octanol–water partition coefficient (Wildman–Crippen LogP) is 2.95. The number of amides is 1. The van der Waals surface area contributed by atoms with Crippen LogP contribution < -0.4 is 0 Å². The molecule has 0 bridgehead atoms. The molecule has 3 rings (SSSR count). The number of benzene rings is 1. The maximum absolute atomic E-state index is 13.5. The molecule has 6 heteroatoms. The van der Waals surface area contributed by atoms with Gasteiger partial charge in [0, 0.05) is 24.8 Å². The first kappa shape index (κ1) is 17.6. The lowest BCUT2D eigenvalue weighted by Gasteiger charge is -2.35. The first-order valence-electron chi connectivity index (χ1n) is 8.90. The zero-order valence-electron chi connectivity index (χ0n) is 14.9. The van der Waals surface area contributed by atoms with Crippen LogP contribution in [0, 0.1) is 5.82 Å². The molecule has 0 saturated carbocycles. The van der Waals surface area contributed by atoms with Crippen LogP contribution in [-0.4, -0.2) is 51.4 Å². The highest BCUT2D eigenvalue weighted by Gasteiger charge is 2.28. The standard InChI is InChI=1S/C19H25FN4O/c1-3-22(4-2)9-8-17-12-23(13-18-11-21-14-24(17)18)19(25)15-6-5-7-16(20)10-15/h5-7,10-11,14,17H,3-4,8-9,12-13H2,1-2H3/t17-/m0/s1. The zero-order chi connectivity index (χ0) is 17.8. The minimum atomic E-state index is -0.383. The van der Waals surface area contributed by atoms with Crippen molar-refractivity contribution in [3.05, 3.63) is 53.9 Å². The fourth-order valence-electron chi connectivity index (χ4n) is 3.45. The number of fused-ring (bicyclic) bond motifs is 1. The van der Waals surface area contributed by atoms with Gasteiger partial charge in [-0.1, -0.05) is 19.9 Å². The van der Waals surface area contributed by atoms with E-state index in [9.17, 15) is 9.18 Å². The van der Waals surface area contributed by atoms with E-state index in [0.29, 0.717) is 18.7 Å². The van der Waals surface area contributed by atoms with Crippen molar-refractivity contribution in [1.29, 1.82) is 0 Å². The Morgan fingerprint density at radius 3 is 2.88 bits per heavy atom. The number of rotatable bonds is 6. The number of nitrogens with zero attached hydrogens (tertiary/aromatic N) is 4. The summed E-state index contributed by atoms with van der Waals surface area (Å²) in [5.41, 5.74) is 1.43. The summed E-state index contributed by atoms with van der Waals surface area (Å²) in [6.45, 7) is 8.48. The Balaban J connectivity index is 1.76. The van der Waals surface area contributed by atoms with Gasteiger partial charge in [-0.3, -0.25) is 4.79 Å². The van der Waals surface area contributed by atoms with Gasteiger partial charge >= 0.3 is 0 Å². The second-order valence-corrected chi connectivity index (χ2v) is 6.46. The predicted molar refractivity (Wildman–Crippen MR) is 94.8 cm³/mol. The minimum Gasteiger partial charge on any atom is -0.331 e. The Hall–Kier alpha value is -2.21. The number of imidazole rings is 1. The van der Waals surface area contributed by atoms with Crippen LogP contribution in [-0.2, 0) is 6.54 Å². The van der Waals surface area contributed by atoms with Gasteiger partial charge in [-0.05, 0) is 37.7 Å². The molecule has 1 aliphatic rings. The van der Waals surface area contributed by atoms with E-state index in [0.717, 1.165) is 31.7 Å². The van der Waals surface area contributed by atoms with Gasteiger partial charge in [-0.2, -0.15) is 0 Å². The summed E-state index contributed by atoms with van der Waals surface area (Å²) >= 11 is 0. The topological polar surface area (TPSA) is 41.4 Å². The molecule has 5 nitrogen and oxygen atoms in total. The number of hydrogen-bond donors (Lipinski definition) is 0. The van der Waals surface area contributed by atoms with Crippen molar-refractivity contribution in [3.63, 3.8) is 0 Å². The van der Waals surface area contributed by atoms with Crippen molar-refractivity contribution in [1.82, 2.24) is 19.4 Å². The molecule has 0 aliphatic carbocycles. The molecular weight excluding hydrogens is 319 g/mol. The molecule has 2 heterocycles. The van der Waals surface area contributed by atoms with E-state index in [1.54, 1.807) is 17.0 Å². The Bertz CT molecular complexity index is 726. The van der Waals surface area contributed by atoms with Crippen molar-refractivity contribution < 1.29 is 9.18 Å². The fourth-order valence-corrected chi connectivity index (χ4v) is 3.45. The summed E-state index contributed by atoms with van der Waals surface area (Å²) in [6, 6.07) is 6.11. The van der Waals surface area contributed by atoms with E-state index in [-0.39, 0.29) is 17.8 Å². The first-order chi connectivity index (χ1) is 12.1. The van der Waals surface area contributed by atoms with Crippen molar-refractivity contribution in [2.75, 3.05) is 26.2 Å². The van der Waals surface area contributed by atoms with Gasteiger partial charge in [0.25, 0.3) is 5.91 Å². The second kappa shape index (κ2) is 7.78. The highest BCUT2D eigenvalue weighted by atomic mass is 19.1. The maximum Gasteiger partial charge on any atom is 0.254 e. The molecule has 1 amide bonds. The van der Waals surface area contributed by atoms with Gasteiger partial charge in [0.2, 0.25) is 0 Å². The average molecular weight is 344 g/mol. The molecule has 0 unspecified atom stereocenters. The van der Waals surface area contributed by atoms with E-state index in [1.165, 1.54) is 12.1 Å². The first-order valence-corrected chi connectivity index (χ1v) is 8.90. The molecule has 2 aromatic rings. The van der Waals surface area contributed by atoms with E-state index in [1.807, 2.05) is 12.5 Å². The largest absolute Gasteiger partial charge is 0.331 e. The molecule has 1 aromatic heterocycles. The van der Waals surface area contributed by atoms with Crippen molar-refractivity contribution in [2.45, 2.75) is 32.9 Å². The highest BCUT2D eigenvalue weighted by Crippen LogP contribution is 2.25. The molecule has 134 valence electrons. The van der Waals surface area contributed by atoms with Gasteiger partial charge in [0.15, 0.2) is 0 Å². The van der Waals surface area contributed by atoms with Crippen LogP contribution in [0.15, 0.2) is 36.8 Å². The maximum atomic E-state index is 13.5. The van der Waals surface area contributed by atoms with Crippen molar-refractivity contribution in [3.8, 4) is 0 Å². The van der Waals surface area contributed by atoms with E-state index < -0.39 is 0 Å². The monoisotopic (exact) mass is 344 g/mol. The third-order valence-electron chi connectivity index (χ3n) is 4.96. The molecule has 1 aromatic carbocycles.